The van der Waals surface area contributed by atoms with Gasteiger partial charge in [0.2, 0.25) is 0 Å². The Bertz CT molecular complexity index is 224. The van der Waals surface area contributed by atoms with Gasteiger partial charge in [-0.1, -0.05) is 25.8 Å². The molecule has 1 aliphatic carbocycles. The van der Waals surface area contributed by atoms with Crippen LogP contribution in [-0.2, 0) is 4.79 Å². The Labute approximate surface area is 86.6 Å². The van der Waals surface area contributed by atoms with Crippen molar-refractivity contribution in [2.45, 2.75) is 51.0 Å². The lowest BCUT2D eigenvalue weighted by molar-refractivity contribution is -0.125. The fraction of sp³-hybridized carbons (Fsp3) is 0.750. The number of allylic oxidation sites excluding steroid dienone is 1. The van der Waals surface area contributed by atoms with Crippen molar-refractivity contribution >= 4 is 5.78 Å². The van der Waals surface area contributed by atoms with E-state index in [0.717, 1.165) is 25.7 Å². The molecule has 0 aromatic carbocycles. The van der Waals surface area contributed by atoms with E-state index in [1.165, 1.54) is 6.42 Å². The molecule has 0 spiro atoms. The third kappa shape index (κ3) is 2.68. The second-order valence-corrected chi connectivity index (χ2v) is 4.61. The topological polar surface area (TPSA) is 43.1 Å². The highest BCUT2D eigenvalue weighted by molar-refractivity contribution is 5.88. The number of hydrogen-bond acceptors (Lipinski definition) is 2. The fourth-order valence-corrected chi connectivity index (χ4v) is 2.33. The summed E-state index contributed by atoms with van der Waals surface area (Å²) in [6.45, 7) is 5.80. The predicted octanol–water partition coefficient (Wildman–Crippen LogP) is 2.43. The molecule has 1 aliphatic rings. The molecule has 1 fully saturated rings. The van der Waals surface area contributed by atoms with E-state index in [-0.39, 0.29) is 5.78 Å². The summed E-state index contributed by atoms with van der Waals surface area (Å²) in [4.78, 5) is 11.9. The normalized spacial score (nSPS) is 32.6. The number of carbonyl (C=O) groups excluding carboxylic acids is 1. The lowest BCUT2D eigenvalue weighted by atomic mass is 9.74. The average Bonchev–Trinajstić information content (AvgIpc) is 2.13. The smallest absolute Gasteiger partial charge is 0.152 e. The molecule has 2 atom stereocenters. The van der Waals surface area contributed by atoms with Gasteiger partial charge in [-0.05, 0) is 25.2 Å². The highest BCUT2D eigenvalue weighted by Crippen LogP contribution is 2.31. The first kappa shape index (κ1) is 11.4. The standard InChI is InChI=1S/C12H21NO/c1-3-4-7-11(14)12(13)8-5-6-10(2)9-12/h3,10H,1,4-9,13H2,2H3. The molecule has 80 valence electrons. The molecule has 0 heterocycles. The van der Waals surface area contributed by atoms with Crippen LogP contribution in [-0.4, -0.2) is 11.3 Å². The minimum atomic E-state index is -0.527. The van der Waals surface area contributed by atoms with Crippen molar-refractivity contribution in [1.29, 1.82) is 0 Å². The van der Waals surface area contributed by atoms with Gasteiger partial charge >= 0.3 is 0 Å². The van der Waals surface area contributed by atoms with Crippen molar-refractivity contribution < 1.29 is 4.79 Å². The number of Topliss-reactive ketones (excluding diaryl/α,β-unsaturated/α-hetero) is 1. The lowest BCUT2D eigenvalue weighted by Crippen LogP contribution is -2.50. The maximum atomic E-state index is 11.9. The van der Waals surface area contributed by atoms with E-state index in [1.54, 1.807) is 6.08 Å². The van der Waals surface area contributed by atoms with Gasteiger partial charge in [0, 0.05) is 6.42 Å². The first-order valence-corrected chi connectivity index (χ1v) is 5.51. The van der Waals surface area contributed by atoms with Crippen molar-refractivity contribution in [3.05, 3.63) is 12.7 Å². The minimum Gasteiger partial charge on any atom is -0.319 e. The Hall–Kier alpha value is -0.630. The zero-order valence-corrected chi connectivity index (χ0v) is 9.09. The van der Waals surface area contributed by atoms with Gasteiger partial charge in [-0.3, -0.25) is 4.79 Å². The first-order chi connectivity index (χ1) is 6.58. The molecule has 0 bridgehead atoms. The van der Waals surface area contributed by atoms with Gasteiger partial charge in [-0.2, -0.15) is 0 Å². The molecule has 0 saturated heterocycles. The fourth-order valence-electron chi connectivity index (χ4n) is 2.33. The molecule has 0 radical (unpaired) electrons. The van der Waals surface area contributed by atoms with Crippen LogP contribution in [0, 0.1) is 5.92 Å². The molecule has 1 rings (SSSR count). The quantitative estimate of drug-likeness (QED) is 0.700. The van der Waals surface area contributed by atoms with Crippen LogP contribution in [0.1, 0.15) is 45.4 Å². The molecule has 0 aliphatic heterocycles. The predicted molar refractivity (Wildman–Crippen MR) is 59.0 cm³/mol. The van der Waals surface area contributed by atoms with Gasteiger partial charge in [0.1, 0.15) is 0 Å². The van der Waals surface area contributed by atoms with Crippen molar-refractivity contribution in [2.75, 3.05) is 0 Å². The highest BCUT2D eigenvalue weighted by Gasteiger charge is 2.36. The van der Waals surface area contributed by atoms with Crippen molar-refractivity contribution in [2.24, 2.45) is 11.7 Å². The molecule has 0 amide bonds. The molecular weight excluding hydrogens is 174 g/mol. The summed E-state index contributed by atoms with van der Waals surface area (Å²) in [7, 11) is 0. The summed E-state index contributed by atoms with van der Waals surface area (Å²) in [5.41, 5.74) is 5.62. The molecule has 0 aromatic heterocycles. The molecule has 0 aromatic rings. The van der Waals surface area contributed by atoms with Crippen LogP contribution < -0.4 is 5.73 Å². The maximum absolute atomic E-state index is 11.9. The molecular formula is C12H21NO. The van der Waals surface area contributed by atoms with E-state index in [0.29, 0.717) is 12.3 Å². The molecule has 14 heavy (non-hydrogen) atoms. The number of ketones is 1. The van der Waals surface area contributed by atoms with Crippen LogP contribution in [0.15, 0.2) is 12.7 Å². The highest BCUT2D eigenvalue weighted by atomic mass is 16.1. The van der Waals surface area contributed by atoms with Crippen LogP contribution in [0.5, 0.6) is 0 Å². The second kappa shape index (κ2) is 4.74. The van der Waals surface area contributed by atoms with E-state index in [2.05, 4.69) is 13.5 Å². The number of carbonyl (C=O) groups is 1. The van der Waals surface area contributed by atoms with E-state index in [1.807, 2.05) is 0 Å². The van der Waals surface area contributed by atoms with Crippen LogP contribution in [0.25, 0.3) is 0 Å². The summed E-state index contributed by atoms with van der Waals surface area (Å²) in [5, 5.41) is 0. The zero-order valence-electron chi connectivity index (χ0n) is 9.09. The molecule has 2 nitrogen and oxygen atoms in total. The monoisotopic (exact) mass is 195 g/mol. The van der Waals surface area contributed by atoms with Crippen molar-refractivity contribution in [3.63, 3.8) is 0 Å². The largest absolute Gasteiger partial charge is 0.319 e. The average molecular weight is 195 g/mol. The van der Waals surface area contributed by atoms with Gasteiger partial charge in [0.15, 0.2) is 5.78 Å². The Balaban J connectivity index is 2.54. The van der Waals surface area contributed by atoms with Gasteiger partial charge in [0.25, 0.3) is 0 Å². The van der Waals surface area contributed by atoms with E-state index in [9.17, 15) is 4.79 Å². The zero-order chi connectivity index (χ0) is 10.6. The van der Waals surface area contributed by atoms with Gasteiger partial charge in [-0.15, -0.1) is 6.58 Å². The molecule has 2 unspecified atom stereocenters. The summed E-state index contributed by atoms with van der Waals surface area (Å²) in [5.74, 6) is 0.824. The summed E-state index contributed by atoms with van der Waals surface area (Å²) < 4.78 is 0. The SMILES string of the molecule is C=CCCC(=O)C1(N)CCCC(C)C1. The van der Waals surface area contributed by atoms with Gasteiger partial charge in [-0.25, -0.2) is 0 Å². The maximum Gasteiger partial charge on any atom is 0.152 e. The first-order valence-electron chi connectivity index (χ1n) is 5.51. The minimum absolute atomic E-state index is 0.226. The third-order valence-electron chi connectivity index (χ3n) is 3.16. The van der Waals surface area contributed by atoms with Crippen molar-refractivity contribution in [3.8, 4) is 0 Å². The number of nitrogens with two attached hydrogens (primary N) is 1. The third-order valence-corrected chi connectivity index (χ3v) is 3.16. The summed E-state index contributed by atoms with van der Waals surface area (Å²) in [6, 6.07) is 0. The van der Waals surface area contributed by atoms with Crippen LogP contribution >= 0.6 is 0 Å². The summed E-state index contributed by atoms with van der Waals surface area (Å²) >= 11 is 0. The number of hydrogen-bond donors (Lipinski definition) is 1. The van der Waals surface area contributed by atoms with Crippen LogP contribution in [0.3, 0.4) is 0 Å². The molecule has 2 N–H and O–H groups in total. The number of rotatable bonds is 4. The summed E-state index contributed by atoms with van der Waals surface area (Å²) in [6.07, 6.45) is 7.15. The Morgan fingerprint density at radius 2 is 2.43 bits per heavy atom. The molecule has 2 heteroatoms. The van der Waals surface area contributed by atoms with Gasteiger partial charge in [0.05, 0.1) is 5.54 Å². The Morgan fingerprint density at radius 1 is 1.71 bits per heavy atom. The lowest BCUT2D eigenvalue weighted by Gasteiger charge is -2.35. The van der Waals surface area contributed by atoms with Gasteiger partial charge < -0.3 is 5.73 Å². The van der Waals surface area contributed by atoms with Crippen LogP contribution in [0.2, 0.25) is 0 Å². The second-order valence-electron chi connectivity index (χ2n) is 4.61. The van der Waals surface area contributed by atoms with E-state index in [4.69, 9.17) is 5.73 Å². The Morgan fingerprint density at radius 3 is 3.00 bits per heavy atom. The Kier molecular flexibility index (Phi) is 3.87. The van der Waals surface area contributed by atoms with E-state index >= 15 is 0 Å². The van der Waals surface area contributed by atoms with Crippen LogP contribution in [0.4, 0.5) is 0 Å². The van der Waals surface area contributed by atoms with Crippen molar-refractivity contribution in [1.82, 2.24) is 0 Å². The molecule has 1 saturated carbocycles. The van der Waals surface area contributed by atoms with E-state index < -0.39 is 5.54 Å².